The van der Waals surface area contributed by atoms with Crippen molar-refractivity contribution in [1.29, 1.82) is 0 Å². The van der Waals surface area contributed by atoms with E-state index in [0.29, 0.717) is 0 Å². The zero-order valence-corrected chi connectivity index (χ0v) is 7.68. The number of hydrazine groups is 1. The molecular weight excluding hydrogens is 182 g/mol. The highest BCUT2D eigenvalue weighted by Gasteiger charge is 2.16. The molecule has 74 valence electrons. The first-order chi connectivity index (χ1) is 6.81. The molecule has 0 radical (unpaired) electrons. The normalized spacial score (nSPS) is 13.0. The molecule has 14 heavy (non-hydrogen) atoms. The van der Waals surface area contributed by atoms with E-state index in [1.54, 1.807) is 25.6 Å². The second-order valence-corrected chi connectivity index (χ2v) is 2.89. The van der Waals surface area contributed by atoms with Crippen LogP contribution >= 0.6 is 0 Å². The lowest BCUT2D eigenvalue weighted by atomic mass is 10.1. The number of H-pyrrole nitrogens is 1. The van der Waals surface area contributed by atoms with E-state index in [4.69, 9.17) is 5.84 Å². The summed E-state index contributed by atoms with van der Waals surface area (Å²) in [6.07, 6.45) is 5.12. The van der Waals surface area contributed by atoms with Crippen LogP contribution in [0.4, 0.5) is 0 Å². The van der Waals surface area contributed by atoms with Crippen LogP contribution in [0.3, 0.4) is 0 Å². The smallest absolute Gasteiger partial charge is 0.106 e. The second-order valence-electron chi connectivity index (χ2n) is 2.89. The van der Waals surface area contributed by atoms with Crippen molar-refractivity contribution in [3.05, 3.63) is 29.8 Å². The Morgan fingerprint density at radius 3 is 2.93 bits per heavy atom. The minimum atomic E-state index is -0.178. The third kappa shape index (κ3) is 1.50. The quantitative estimate of drug-likeness (QED) is 0.433. The van der Waals surface area contributed by atoms with Crippen LogP contribution in [-0.2, 0) is 7.05 Å². The Morgan fingerprint density at radius 2 is 2.43 bits per heavy atom. The largest absolute Gasteiger partial charge is 0.285 e. The van der Waals surface area contributed by atoms with Gasteiger partial charge in [-0.1, -0.05) is 0 Å². The van der Waals surface area contributed by atoms with Gasteiger partial charge in [0.25, 0.3) is 0 Å². The summed E-state index contributed by atoms with van der Waals surface area (Å²) in [6, 6.07) is -0.178. The molecule has 0 aliphatic carbocycles. The first-order valence-corrected chi connectivity index (χ1v) is 4.12. The summed E-state index contributed by atoms with van der Waals surface area (Å²) in [4.78, 5) is 1.49. The SMILES string of the molecule is Cn1ncc(C(NN)c2cn[nH]c2)n1. The molecule has 0 saturated carbocycles. The van der Waals surface area contributed by atoms with E-state index < -0.39 is 0 Å². The van der Waals surface area contributed by atoms with Gasteiger partial charge in [0.15, 0.2) is 0 Å². The van der Waals surface area contributed by atoms with Crippen LogP contribution in [0.2, 0.25) is 0 Å². The van der Waals surface area contributed by atoms with Crippen molar-refractivity contribution in [3.63, 3.8) is 0 Å². The molecule has 0 saturated heterocycles. The fourth-order valence-corrected chi connectivity index (χ4v) is 1.26. The van der Waals surface area contributed by atoms with Gasteiger partial charge in [-0.3, -0.25) is 10.9 Å². The van der Waals surface area contributed by atoms with Gasteiger partial charge < -0.3 is 0 Å². The second kappa shape index (κ2) is 3.56. The Morgan fingerprint density at radius 1 is 1.57 bits per heavy atom. The molecule has 1 unspecified atom stereocenters. The molecule has 7 nitrogen and oxygen atoms in total. The molecule has 0 spiro atoms. The highest BCUT2D eigenvalue weighted by Crippen LogP contribution is 2.16. The van der Waals surface area contributed by atoms with Crippen LogP contribution in [-0.4, -0.2) is 25.2 Å². The van der Waals surface area contributed by atoms with E-state index in [9.17, 15) is 0 Å². The van der Waals surface area contributed by atoms with Gasteiger partial charge in [0.05, 0.1) is 18.4 Å². The van der Waals surface area contributed by atoms with Crippen molar-refractivity contribution < 1.29 is 0 Å². The molecule has 0 amide bonds. The summed E-state index contributed by atoms with van der Waals surface area (Å²) in [7, 11) is 1.76. The number of aromatic amines is 1. The Balaban J connectivity index is 2.31. The molecule has 0 fully saturated rings. The summed E-state index contributed by atoms with van der Waals surface area (Å²) >= 11 is 0. The van der Waals surface area contributed by atoms with E-state index in [1.807, 2.05) is 0 Å². The predicted octanol–water partition coefficient (Wildman–Crippen LogP) is -0.909. The number of nitrogens with two attached hydrogens (primary N) is 1. The Labute approximate surface area is 80.3 Å². The number of aromatic nitrogens is 5. The summed E-state index contributed by atoms with van der Waals surface area (Å²) in [6.45, 7) is 0. The lowest BCUT2D eigenvalue weighted by Crippen LogP contribution is -2.29. The molecule has 2 aromatic heterocycles. The molecule has 0 aliphatic rings. The molecule has 2 heterocycles. The fraction of sp³-hybridized carbons (Fsp3) is 0.286. The van der Waals surface area contributed by atoms with Gasteiger partial charge in [-0.2, -0.15) is 20.1 Å². The first-order valence-electron chi connectivity index (χ1n) is 4.12. The average molecular weight is 193 g/mol. The summed E-state index contributed by atoms with van der Waals surface area (Å²) in [5.41, 5.74) is 4.34. The summed E-state index contributed by atoms with van der Waals surface area (Å²) in [5, 5.41) is 14.7. The molecule has 1 atom stereocenters. The van der Waals surface area contributed by atoms with E-state index in [1.165, 1.54) is 4.80 Å². The van der Waals surface area contributed by atoms with Crippen LogP contribution in [0.1, 0.15) is 17.3 Å². The highest BCUT2D eigenvalue weighted by molar-refractivity contribution is 5.20. The zero-order valence-electron chi connectivity index (χ0n) is 7.68. The molecule has 0 aromatic carbocycles. The highest BCUT2D eigenvalue weighted by atomic mass is 15.5. The van der Waals surface area contributed by atoms with Crippen molar-refractivity contribution >= 4 is 0 Å². The third-order valence-corrected chi connectivity index (χ3v) is 1.93. The van der Waals surface area contributed by atoms with Gasteiger partial charge in [-0.15, -0.1) is 0 Å². The maximum Gasteiger partial charge on any atom is 0.106 e. The van der Waals surface area contributed by atoms with E-state index in [2.05, 4.69) is 25.8 Å². The van der Waals surface area contributed by atoms with E-state index >= 15 is 0 Å². The minimum absolute atomic E-state index is 0.178. The maximum atomic E-state index is 5.44. The van der Waals surface area contributed by atoms with Gasteiger partial charge in [-0.25, -0.2) is 5.43 Å². The Hall–Kier alpha value is -1.73. The Kier molecular flexibility index (Phi) is 2.25. The number of hydrogen-bond acceptors (Lipinski definition) is 5. The van der Waals surface area contributed by atoms with Crippen molar-refractivity contribution in [2.24, 2.45) is 12.9 Å². The number of aryl methyl sites for hydroxylation is 1. The molecule has 4 N–H and O–H groups in total. The van der Waals surface area contributed by atoms with E-state index in [-0.39, 0.29) is 6.04 Å². The van der Waals surface area contributed by atoms with Crippen LogP contribution in [0.15, 0.2) is 18.6 Å². The number of hydrogen-bond donors (Lipinski definition) is 3. The standard InChI is InChI=1S/C7H11N7/c1-14-11-4-6(13-14)7(12-8)5-2-9-10-3-5/h2-4,7,12H,8H2,1H3,(H,9,10). The molecular formula is C7H11N7. The van der Waals surface area contributed by atoms with Gasteiger partial charge in [0.1, 0.15) is 5.69 Å². The number of rotatable bonds is 3. The van der Waals surface area contributed by atoms with Crippen LogP contribution < -0.4 is 11.3 Å². The predicted molar refractivity (Wildman–Crippen MR) is 48.8 cm³/mol. The lowest BCUT2D eigenvalue weighted by molar-refractivity contribution is 0.590. The van der Waals surface area contributed by atoms with E-state index in [0.717, 1.165) is 11.3 Å². The molecule has 7 heteroatoms. The zero-order chi connectivity index (χ0) is 9.97. The van der Waals surface area contributed by atoms with Gasteiger partial charge in [0.2, 0.25) is 0 Å². The number of nitrogens with one attached hydrogen (secondary N) is 2. The van der Waals surface area contributed by atoms with Crippen molar-refractivity contribution in [1.82, 2.24) is 30.6 Å². The average Bonchev–Trinajstić information content (AvgIpc) is 2.79. The fourth-order valence-electron chi connectivity index (χ4n) is 1.26. The monoisotopic (exact) mass is 193 g/mol. The molecule has 0 bridgehead atoms. The minimum Gasteiger partial charge on any atom is -0.285 e. The van der Waals surface area contributed by atoms with Crippen LogP contribution in [0.5, 0.6) is 0 Å². The number of nitrogens with zero attached hydrogens (tertiary/aromatic N) is 4. The Bertz CT molecular complexity index is 390. The van der Waals surface area contributed by atoms with Gasteiger partial charge in [0, 0.05) is 18.8 Å². The molecule has 2 aromatic rings. The van der Waals surface area contributed by atoms with Crippen molar-refractivity contribution in [2.75, 3.05) is 0 Å². The van der Waals surface area contributed by atoms with Crippen molar-refractivity contribution in [2.45, 2.75) is 6.04 Å². The van der Waals surface area contributed by atoms with Gasteiger partial charge in [-0.05, 0) is 0 Å². The topological polar surface area (TPSA) is 97.4 Å². The first kappa shape index (κ1) is 8.85. The van der Waals surface area contributed by atoms with Gasteiger partial charge >= 0.3 is 0 Å². The summed E-state index contributed by atoms with van der Waals surface area (Å²) < 4.78 is 0. The maximum absolute atomic E-state index is 5.44. The van der Waals surface area contributed by atoms with Crippen LogP contribution in [0, 0.1) is 0 Å². The molecule has 0 aliphatic heterocycles. The van der Waals surface area contributed by atoms with Crippen molar-refractivity contribution in [3.8, 4) is 0 Å². The molecule has 2 rings (SSSR count). The lowest BCUT2D eigenvalue weighted by Gasteiger charge is -2.09. The third-order valence-electron chi connectivity index (χ3n) is 1.93. The summed E-state index contributed by atoms with van der Waals surface area (Å²) in [5.74, 6) is 5.44. The van der Waals surface area contributed by atoms with Crippen LogP contribution in [0.25, 0.3) is 0 Å².